The molecule has 1 aliphatic rings. The Morgan fingerprint density at radius 2 is 1.79 bits per heavy atom. The van der Waals surface area contributed by atoms with Crippen molar-refractivity contribution in [1.29, 1.82) is 0 Å². The average Bonchev–Trinajstić information content (AvgIpc) is 2.65. The second-order valence-corrected chi connectivity index (χ2v) is 9.10. The molecule has 2 aromatic carbocycles. The minimum Gasteiger partial charge on any atom is -0.314 e. The van der Waals surface area contributed by atoms with Crippen LogP contribution in [0.1, 0.15) is 36.5 Å². The summed E-state index contributed by atoms with van der Waals surface area (Å²) < 4.78 is 65.1. The zero-order valence-corrected chi connectivity index (χ0v) is 17.0. The van der Waals surface area contributed by atoms with Gasteiger partial charge in [-0.2, -0.15) is 13.2 Å². The molecule has 0 spiro atoms. The van der Waals surface area contributed by atoms with Crippen LogP contribution < -0.4 is 10.0 Å². The molecule has 1 aliphatic carbocycles. The Hall–Kier alpha value is -2.06. The lowest BCUT2D eigenvalue weighted by Crippen LogP contribution is -2.35. The molecule has 8 heteroatoms. The molecule has 3 rings (SSSR count). The van der Waals surface area contributed by atoms with E-state index in [2.05, 4.69) is 17.0 Å². The van der Waals surface area contributed by atoms with Gasteiger partial charge in [0.15, 0.2) is 0 Å². The molecule has 0 saturated carbocycles. The van der Waals surface area contributed by atoms with Crippen LogP contribution in [0.3, 0.4) is 0 Å². The maximum absolute atomic E-state index is 12.6. The zero-order chi connectivity index (χ0) is 21.1. The van der Waals surface area contributed by atoms with E-state index < -0.39 is 22.6 Å². The molecule has 2 aromatic rings. The Balaban J connectivity index is 1.69. The van der Waals surface area contributed by atoms with Crippen molar-refractivity contribution in [2.24, 2.45) is 0 Å². The Labute approximate surface area is 169 Å². The van der Waals surface area contributed by atoms with E-state index >= 15 is 0 Å². The van der Waals surface area contributed by atoms with Crippen molar-refractivity contribution in [3.05, 3.63) is 59.2 Å². The number of anilines is 1. The molecule has 0 bridgehead atoms. The Morgan fingerprint density at radius 3 is 2.45 bits per heavy atom. The maximum Gasteiger partial charge on any atom is 0.393 e. The van der Waals surface area contributed by atoms with Crippen molar-refractivity contribution < 1.29 is 21.6 Å². The van der Waals surface area contributed by atoms with Crippen molar-refractivity contribution in [3.8, 4) is 0 Å². The fourth-order valence-corrected chi connectivity index (χ4v) is 4.62. The third-order valence-electron chi connectivity index (χ3n) is 5.01. The van der Waals surface area contributed by atoms with Gasteiger partial charge >= 0.3 is 6.18 Å². The third kappa shape index (κ3) is 5.96. The van der Waals surface area contributed by atoms with Gasteiger partial charge in [-0.15, -0.1) is 0 Å². The van der Waals surface area contributed by atoms with Crippen molar-refractivity contribution >= 4 is 15.7 Å². The predicted molar refractivity (Wildman–Crippen MR) is 108 cm³/mol. The van der Waals surface area contributed by atoms with Crippen molar-refractivity contribution in [2.75, 3.05) is 11.3 Å². The molecule has 0 fully saturated rings. The number of alkyl halides is 3. The SMILES string of the molecule is CCCNC1CCc2cc(NS(=O)(=O)c3ccc(CC(F)(F)F)cc3)ccc2C1. The van der Waals surface area contributed by atoms with E-state index in [1.807, 2.05) is 12.1 Å². The van der Waals surface area contributed by atoms with Crippen LogP contribution in [0.15, 0.2) is 47.4 Å². The van der Waals surface area contributed by atoms with Gasteiger partial charge in [-0.3, -0.25) is 4.72 Å². The molecular formula is C21H25F3N2O2S. The van der Waals surface area contributed by atoms with Crippen LogP contribution in [-0.2, 0) is 29.3 Å². The van der Waals surface area contributed by atoms with Gasteiger partial charge in [0, 0.05) is 11.7 Å². The second kappa shape index (κ2) is 8.75. The summed E-state index contributed by atoms with van der Waals surface area (Å²) in [6.45, 7) is 3.12. The summed E-state index contributed by atoms with van der Waals surface area (Å²) in [7, 11) is -3.87. The first-order valence-electron chi connectivity index (χ1n) is 9.70. The molecule has 2 N–H and O–H groups in total. The molecule has 158 valence electrons. The highest BCUT2D eigenvalue weighted by atomic mass is 32.2. The van der Waals surface area contributed by atoms with E-state index in [4.69, 9.17) is 0 Å². The Kier molecular flexibility index (Phi) is 6.53. The zero-order valence-electron chi connectivity index (χ0n) is 16.2. The Morgan fingerprint density at radius 1 is 1.07 bits per heavy atom. The third-order valence-corrected chi connectivity index (χ3v) is 6.41. The lowest BCUT2D eigenvalue weighted by Gasteiger charge is -2.26. The Bertz CT molecular complexity index is 941. The molecule has 0 saturated heterocycles. The number of sulfonamides is 1. The van der Waals surface area contributed by atoms with Crippen LogP contribution in [0.25, 0.3) is 0 Å². The first kappa shape index (κ1) is 21.6. The van der Waals surface area contributed by atoms with Crippen molar-refractivity contribution in [3.63, 3.8) is 0 Å². The van der Waals surface area contributed by atoms with Crippen molar-refractivity contribution in [2.45, 2.75) is 56.1 Å². The summed E-state index contributed by atoms with van der Waals surface area (Å²) in [5.74, 6) is 0. The molecule has 4 nitrogen and oxygen atoms in total. The van der Waals surface area contributed by atoms with Crippen LogP contribution in [-0.4, -0.2) is 27.2 Å². The standard InChI is InChI=1S/C21H25F3N2O2S/c1-2-11-25-18-7-5-17-13-19(8-6-16(17)12-18)26-29(27,28)20-9-3-15(4-10-20)14-21(22,23)24/h3-4,6,8-10,13,18,25-26H,2,5,7,11-12,14H2,1H3. The topological polar surface area (TPSA) is 58.2 Å². The van der Waals surface area contributed by atoms with Gasteiger partial charge in [-0.25, -0.2) is 8.42 Å². The predicted octanol–water partition coefficient (Wildman–Crippen LogP) is 4.45. The van der Waals surface area contributed by atoms with E-state index in [-0.39, 0.29) is 10.5 Å². The normalized spacial score (nSPS) is 17.0. The van der Waals surface area contributed by atoms with E-state index in [9.17, 15) is 21.6 Å². The summed E-state index contributed by atoms with van der Waals surface area (Å²) in [4.78, 5) is -0.0648. The highest BCUT2D eigenvalue weighted by molar-refractivity contribution is 7.92. The molecule has 29 heavy (non-hydrogen) atoms. The van der Waals surface area contributed by atoms with Gasteiger partial charge in [0.05, 0.1) is 11.3 Å². The lowest BCUT2D eigenvalue weighted by atomic mass is 9.88. The summed E-state index contributed by atoms with van der Waals surface area (Å²) in [5.41, 5.74) is 2.82. The number of hydrogen-bond donors (Lipinski definition) is 2. The van der Waals surface area contributed by atoms with Gasteiger partial charge in [0.1, 0.15) is 0 Å². The van der Waals surface area contributed by atoms with Crippen LogP contribution >= 0.6 is 0 Å². The van der Waals surface area contributed by atoms with Gasteiger partial charge in [-0.1, -0.05) is 25.1 Å². The molecule has 0 amide bonds. The molecule has 1 atom stereocenters. The quantitative estimate of drug-likeness (QED) is 0.688. The van der Waals surface area contributed by atoms with Crippen LogP contribution in [0, 0.1) is 0 Å². The molecule has 1 unspecified atom stereocenters. The number of hydrogen-bond acceptors (Lipinski definition) is 3. The van der Waals surface area contributed by atoms with Gasteiger partial charge < -0.3 is 5.32 Å². The van der Waals surface area contributed by atoms with E-state index in [0.717, 1.165) is 37.8 Å². The maximum atomic E-state index is 12.6. The highest BCUT2D eigenvalue weighted by Gasteiger charge is 2.27. The summed E-state index contributed by atoms with van der Waals surface area (Å²) in [6.07, 6.45) is -1.53. The largest absolute Gasteiger partial charge is 0.393 e. The molecular weight excluding hydrogens is 401 g/mol. The molecule has 0 radical (unpaired) electrons. The second-order valence-electron chi connectivity index (χ2n) is 7.42. The molecule has 0 heterocycles. The smallest absolute Gasteiger partial charge is 0.314 e. The minimum atomic E-state index is -4.33. The van der Waals surface area contributed by atoms with Crippen LogP contribution in [0.5, 0.6) is 0 Å². The number of aryl methyl sites for hydroxylation is 1. The number of halogens is 3. The summed E-state index contributed by atoms with van der Waals surface area (Å²) in [6, 6.07) is 10.8. The van der Waals surface area contributed by atoms with E-state index in [0.29, 0.717) is 11.7 Å². The fourth-order valence-electron chi connectivity index (χ4n) is 3.57. The summed E-state index contributed by atoms with van der Waals surface area (Å²) in [5, 5.41) is 3.52. The average molecular weight is 427 g/mol. The first-order valence-corrected chi connectivity index (χ1v) is 11.2. The minimum absolute atomic E-state index is 0.0245. The number of benzene rings is 2. The fraction of sp³-hybridized carbons (Fsp3) is 0.429. The van der Waals surface area contributed by atoms with Crippen LogP contribution in [0.4, 0.5) is 18.9 Å². The van der Waals surface area contributed by atoms with E-state index in [1.165, 1.54) is 29.8 Å². The monoisotopic (exact) mass is 426 g/mol. The van der Waals surface area contributed by atoms with Gasteiger partial charge in [0.25, 0.3) is 10.0 Å². The van der Waals surface area contributed by atoms with Crippen molar-refractivity contribution in [1.82, 2.24) is 5.32 Å². The number of fused-ring (bicyclic) bond motifs is 1. The molecule has 0 aromatic heterocycles. The van der Waals surface area contributed by atoms with Gasteiger partial charge in [-0.05, 0) is 73.2 Å². The highest BCUT2D eigenvalue weighted by Crippen LogP contribution is 2.27. The van der Waals surface area contributed by atoms with Gasteiger partial charge in [0.2, 0.25) is 0 Å². The number of rotatable bonds is 7. The number of nitrogens with one attached hydrogen (secondary N) is 2. The first-order chi connectivity index (χ1) is 13.7. The lowest BCUT2D eigenvalue weighted by molar-refractivity contribution is -0.127. The summed E-state index contributed by atoms with van der Waals surface area (Å²) >= 11 is 0. The van der Waals surface area contributed by atoms with E-state index in [1.54, 1.807) is 6.07 Å². The van der Waals surface area contributed by atoms with Crippen LogP contribution in [0.2, 0.25) is 0 Å². The molecule has 0 aliphatic heterocycles.